The highest BCUT2D eigenvalue weighted by molar-refractivity contribution is 6.13. The third-order valence-corrected chi connectivity index (χ3v) is 4.34. The van der Waals surface area contributed by atoms with Crippen LogP contribution in [-0.2, 0) is 28.7 Å². The van der Waals surface area contributed by atoms with Crippen LogP contribution in [0.2, 0.25) is 0 Å². The van der Waals surface area contributed by atoms with Gasteiger partial charge in [0.2, 0.25) is 11.8 Å². The Hall–Kier alpha value is -2.95. The molecular formula is C22H36N4O7. The zero-order valence-corrected chi connectivity index (χ0v) is 19.7. The second-order valence-corrected chi connectivity index (χ2v) is 8.46. The van der Waals surface area contributed by atoms with Crippen molar-refractivity contribution < 1.29 is 33.4 Å². The van der Waals surface area contributed by atoms with Crippen molar-refractivity contribution in [3.05, 3.63) is 12.2 Å². The van der Waals surface area contributed by atoms with Gasteiger partial charge in [-0.05, 0) is 33.6 Å². The van der Waals surface area contributed by atoms with Gasteiger partial charge in [0, 0.05) is 57.8 Å². The Morgan fingerprint density at radius 3 is 2.09 bits per heavy atom. The highest BCUT2D eigenvalue weighted by Gasteiger charge is 2.23. The van der Waals surface area contributed by atoms with E-state index in [4.69, 9.17) is 9.47 Å². The summed E-state index contributed by atoms with van der Waals surface area (Å²) < 4.78 is 10.5. The Kier molecular flexibility index (Phi) is 12.8. The van der Waals surface area contributed by atoms with E-state index in [-0.39, 0.29) is 24.8 Å². The zero-order valence-electron chi connectivity index (χ0n) is 19.7. The average molecular weight is 469 g/mol. The van der Waals surface area contributed by atoms with Crippen LogP contribution < -0.4 is 16.0 Å². The molecule has 5 amide bonds. The average Bonchev–Trinajstić information content (AvgIpc) is 3.04. The molecule has 0 aromatic heterocycles. The second-order valence-electron chi connectivity index (χ2n) is 8.46. The molecule has 3 N–H and O–H groups in total. The van der Waals surface area contributed by atoms with Crippen LogP contribution in [-0.4, -0.2) is 79.6 Å². The molecule has 1 aliphatic heterocycles. The van der Waals surface area contributed by atoms with Gasteiger partial charge in [-0.15, -0.1) is 0 Å². The lowest BCUT2D eigenvalue weighted by Crippen LogP contribution is -2.37. The molecule has 186 valence electrons. The van der Waals surface area contributed by atoms with E-state index in [1.165, 1.54) is 12.2 Å². The number of hydrogen-bond donors (Lipinski definition) is 3. The fraction of sp³-hybridized carbons (Fsp3) is 0.682. The van der Waals surface area contributed by atoms with Gasteiger partial charge in [0.1, 0.15) is 5.60 Å². The van der Waals surface area contributed by atoms with Gasteiger partial charge in [-0.1, -0.05) is 6.42 Å². The molecule has 0 atom stereocenters. The van der Waals surface area contributed by atoms with Crippen molar-refractivity contribution in [3.63, 3.8) is 0 Å². The number of nitrogens with zero attached hydrogens (tertiary/aromatic N) is 1. The van der Waals surface area contributed by atoms with Gasteiger partial charge in [-0.3, -0.25) is 24.1 Å². The van der Waals surface area contributed by atoms with Gasteiger partial charge >= 0.3 is 6.09 Å². The third-order valence-electron chi connectivity index (χ3n) is 4.34. The highest BCUT2D eigenvalue weighted by Crippen LogP contribution is 2.06. The highest BCUT2D eigenvalue weighted by atomic mass is 16.6. The Labute approximate surface area is 194 Å². The number of carbonyl (C=O) groups excluding carboxylic acids is 5. The molecule has 0 aliphatic carbocycles. The van der Waals surface area contributed by atoms with Gasteiger partial charge in [0.05, 0.1) is 6.61 Å². The summed E-state index contributed by atoms with van der Waals surface area (Å²) in [7, 11) is 0. The molecule has 0 spiro atoms. The molecule has 1 rings (SSSR count). The number of ether oxygens (including phenoxy) is 2. The first-order valence-corrected chi connectivity index (χ1v) is 11.2. The molecule has 33 heavy (non-hydrogen) atoms. The molecule has 0 radical (unpaired) electrons. The number of unbranched alkanes of at least 4 members (excludes halogenated alkanes) is 2. The summed E-state index contributed by atoms with van der Waals surface area (Å²) in [6, 6.07) is 0. The summed E-state index contributed by atoms with van der Waals surface area (Å²) in [6.45, 7) is 7.28. The normalized spacial score (nSPS) is 13.2. The van der Waals surface area contributed by atoms with Crippen molar-refractivity contribution in [3.8, 4) is 0 Å². The van der Waals surface area contributed by atoms with Crippen LogP contribution in [0.25, 0.3) is 0 Å². The van der Waals surface area contributed by atoms with E-state index in [1.807, 2.05) is 0 Å². The molecule has 0 aromatic carbocycles. The van der Waals surface area contributed by atoms with Crippen LogP contribution in [0, 0.1) is 0 Å². The molecule has 0 saturated heterocycles. The fourth-order valence-electron chi connectivity index (χ4n) is 2.75. The molecule has 11 heteroatoms. The molecular weight excluding hydrogens is 432 g/mol. The van der Waals surface area contributed by atoms with Crippen LogP contribution in [0.4, 0.5) is 4.79 Å². The topological polar surface area (TPSA) is 143 Å². The van der Waals surface area contributed by atoms with Crippen LogP contribution in [0.1, 0.15) is 52.9 Å². The number of carbonyl (C=O) groups is 5. The predicted octanol–water partition coefficient (Wildman–Crippen LogP) is 0.636. The van der Waals surface area contributed by atoms with Crippen molar-refractivity contribution in [2.45, 2.75) is 58.5 Å². The van der Waals surface area contributed by atoms with Crippen LogP contribution in [0.3, 0.4) is 0 Å². The summed E-state index contributed by atoms with van der Waals surface area (Å²) in [5.74, 6) is -1.12. The van der Waals surface area contributed by atoms with E-state index >= 15 is 0 Å². The predicted molar refractivity (Wildman–Crippen MR) is 120 cm³/mol. The van der Waals surface area contributed by atoms with Gasteiger partial charge < -0.3 is 25.4 Å². The van der Waals surface area contributed by atoms with Crippen molar-refractivity contribution in [2.24, 2.45) is 0 Å². The molecule has 0 bridgehead atoms. The fourth-order valence-corrected chi connectivity index (χ4v) is 2.75. The lowest BCUT2D eigenvalue weighted by atomic mass is 10.2. The van der Waals surface area contributed by atoms with Crippen molar-refractivity contribution in [1.82, 2.24) is 20.9 Å². The molecule has 0 fully saturated rings. The Morgan fingerprint density at radius 2 is 1.42 bits per heavy atom. The lowest BCUT2D eigenvalue weighted by Gasteiger charge is -2.19. The summed E-state index contributed by atoms with van der Waals surface area (Å²) in [5, 5.41) is 7.99. The maximum atomic E-state index is 11.8. The van der Waals surface area contributed by atoms with Crippen molar-refractivity contribution >= 4 is 29.7 Å². The summed E-state index contributed by atoms with van der Waals surface area (Å²) in [4.78, 5) is 58.8. The van der Waals surface area contributed by atoms with Gasteiger partial charge in [0.25, 0.3) is 11.8 Å². The monoisotopic (exact) mass is 468 g/mol. The van der Waals surface area contributed by atoms with E-state index in [0.29, 0.717) is 39.3 Å². The number of nitrogens with one attached hydrogen (secondary N) is 3. The quantitative estimate of drug-likeness (QED) is 0.236. The minimum atomic E-state index is -0.554. The van der Waals surface area contributed by atoms with E-state index in [2.05, 4.69) is 16.0 Å². The summed E-state index contributed by atoms with van der Waals surface area (Å²) in [6.07, 6.45) is 4.69. The molecule has 11 nitrogen and oxygen atoms in total. The van der Waals surface area contributed by atoms with E-state index < -0.39 is 23.5 Å². The first-order valence-electron chi connectivity index (χ1n) is 11.2. The standard InChI is InChI=1S/C22H36N4O7/c1-22(2,3)33-21(31)25-12-11-23-17(27)7-5-4-6-15-32-16-13-24-18(28)10-14-26-19(29)8-9-20(26)30/h8-9H,4-7,10-16H2,1-3H3,(H,23,27)(H,24,28)(H,25,31). The van der Waals surface area contributed by atoms with Gasteiger partial charge in [0.15, 0.2) is 0 Å². The van der Waals surface area contributed by atoms with E-state index in [1.54, 1.807) is 20.8 Å². The molecule has 1 aliphatic rings. The van der Waals surface area contributed by atoms with Gasteiger partial charge in [-0.2, -0.15) is 0 Å². The smallest absolute Gasteiger partial charge is 0.407 e. The molecule has 0 unspecified atom stereocenters. The largest absolute Gasteiger partial charge is 0.444 e. The molecule has 0 saturated carbocycles. The Morgan fingerprint density at radius 1 is 0.818 bits per heavy atom. The van der Waals surface area contributed by atoms with Crippen LogP contribution >= 0.6 is 0 Å². The second kappa shape index (κ2) is 15.0. The number of alkyl carbamates (subject to hydrolysis) is 1. The van der Waals surface area contributed by atoms with Crippen LogP contribution in [0.15, 0.2) is 12.2 Å². The minimum absolute atomic E-state index is 0.0539. The third kappa shape index (κ3) is 13.9. The van der Waals surface area contributed by atoms with Crippen molar-refractivity contribution in [2.75, 3.05) is 39.4 Å². The maximum Gasteiger partial charge on any atom is 0.407 e. The Bertz CT molecular complexity index is 698. The van der Waals surface area contributed by atoms with E-state index in [0.717, 1.165) is 24.2 Å². The number of rotatable bonds is 15. The first kappa shape index (κ1) is 28.1. The molecule has 1 heterocycles. The zero-order chi connectivity index (χ0) is 24.7. The van der Waals surface area contributed by atoms with Gasteiger partial charge in [-0.25, -0.2) is 4.79 Å². The van der Waals surface area contributed by atoms with Crippen LogP contribution in [0.5, 0.6) is 0 Å². The number of imide groups is 1. The minimum Gasteiger partial charge on any atom is -0.444 e. The van der Waals surface area contributed by atoms with E-state index in [9.17, 15) is 24.0 Å². The Balaban J connectivity index is 1.89. The molecule has 0 aromatic rings. The maximum absolute atomic E-state index is 11.8. The number of amides is 5. The number of hydrogen-bond acceptors (Lipinski definition) is 7. The first-order chi connectivity index (χ1) is 15.6. The lowest BCUT2D eigenvalue weighted by molar-refractivity contribution is -0.137. The summed E-state index contributed by atoms with van der Waals surface area (Å²) >= 11 is 0. The SMILES string of the molecule is CC(C)(C)OC(=O)NCCNC(=O)CCCCCOCCNC(=O)CCN1C(=O)C=CC1=O. The van der Waals surface area contributed by atoms with Crippen molar-refractivity contribution in [1.29, 1.82) is 0 Å². The summed E-state index contributed by atoms with van der Waals surface area (Å²) in [5.41, 5.74) is -0.554.